The summed E-state index contributed by atoms with van der Waals surface area (Å²) < 4.78 is 0.914. The number of Topliss-reactive ketones (excluding diaryl/α,β-unsaturated/α-hetero) is 2. The van der Waals surface area contributed by atoms with Crippen molar-refractivity contribution in [3.05, 3.63) is 64.1 Å². The predicted molar refractivity (Wildman–Crippen MR) is 79.8 cm³/mol. The Balaban J connectivity index is 1.77. The van der Waals surface area contributed by atoms with E-state index in [4.69, 9.17) is 0 Å². The zero-order valence-electron chi connectivity index (χ0n) is 10.4. The molecule has 0 spiro atoms. The van der Waals surface area contributed by atoms with Crippen LogP contribution < -0.4 is 10.9 Å². The molecule has 0 amide bonds. The predicted octanol–water partition coefficient (Wildman–Crippen LogP) is 2.81. The Morgan fingerprint density at radius 2 is 1.55 bits per heavy atom. The summed E-state index contributed by atoms with van der Waals surface area (Å²) in [7, 11) is 0. The number of nitrogens with one attached hydrogen (secondary N) is 2. The van der Waals surface area contributed by atoms with E-state index in [0.29, 0.717) is 11.1 Å². The van der Waals surface area contributed by atoms with Crippen LogP contribution in [0.4, 0.5) is 5.69 Å². The van der Waals surface area contributed by atoms with Gasteiger partial charge in [0.1, 0.15) is 0 Å². The first kappa shape index (κ1) is 13.0. The van der Waals surface area contributed by atoms with Crippen LogP contribution in [0.3, 0.4) is 0 Å². The molecule has 3 rings (SSSR count). The maximum atomic E-state index is 12.2. The summed E-state index contributed by atoms with van der Waals surface area (Å²) in [5, 5.41) is 0. The summed E-state index contributed by atoms with van der Waals surface area (Å²) in [5.41, 5.74) is 7.43. The van der Waals surface area contributed by atoms with Gasteiger partial charge in [0, 0.05) is 21.3 Å². The van der Waals surface area contributed by atoms with Gasteiger partial charge in [0.05, 0.1) is 0 Å². The van der Waals surface area contributed by atoms with Crippen LogP contribution in [-0.4, -0.2) is 17.6 Å². The molecule has 20 heavy (non-hydrogen) atoms. The number of rotatable bonds is 3. The molecular formula is C15H11BrN2O2. The first-order valence-corrected chi connectivity index (χ1v) is 6.90. The number of hydrogen-bond acceptors (Lipinski definition) is 4. The van der Waals surface area contributed by atoms with Crippen molar-refractivity contribution in [2.24, 2.45) is 0 Å². The molecule has 0 heterocycles. The van der Waals surface area contributed by atoms with Crippen LogP contribution in [-0.2, 0) is 0 Å². The Labute approximate surface area is 124 Å². The average Bonchev–Trinajstić information content (AvgIpc) is 2.70. The summed E-state index contributed by atoms with van der Waals surface area (Å²) in [6.45, 7) is 0. The fourth-order valence-corrected chi connectivity index (χ4v) is 2.59. The van der Waals surface area contributed by atoms with E-state index in [1.165, 1.54) is 0 Å². The van der Waals surface area contributed by atoms with Crippen LogP contribution >= 0.6 is 15.9 Å². The van der Waals surface area contributed by atoms with Gasteiger partial charge in [0.2, 0.25) is 0 Å². The summed E-state index contributed by atoms with van der Waals surface area (Å²) in [5.74, 6) is -0.402. The van der Waals surface area contributed by atoms with Crippen LogP contribution in [0.15, 0.2) is 53.0 Å². The van der Waals surface area contributed by atoms with E-state index in [2.05, 4.69) is 26.8 Å². The van der Waals surface area contributed by atoms with Crippen LogP contribution in [0.1, 0.15) is 20.7 Å². The van der Waals surface area contributed by atoms with E-state index in [0.717, 1.165) is 10.2 Å². The molecule has 0 aliphatic heterocycles. The minimum atomic E-state index is -0.869. The Bertz CT molecular complexity index is 665. The van der Waals surface area contributed by atoms with Crippen molar-refractivity contribution in [2.45, 2.75) is 6.04 Å². The molecule has 2 aromatic carbocycles. The maximum Gasteiger partial charge on any atom is 0.190 e. The van der Waals surface area contributed by atoms with Gasteiger partial charge in [0.15, 0.2) is 17.6 Å². The second kappa shape index (κ2) is 5.19. The van der Waals surface area contributed by atoms with Gasteiger partial charge in [-0.3, -0.25) is 9.59 Å². The second-order valence-corrected chi connectivity index (χ2v) is 5.40. The Morgan fingerprint density at radius 3 is 2.15 bits per heavy atom. The van der Waals surface area contributed by atoms with Gasteiger partial charge in [-0.2, -0.15) is 0 Å². The van der Waals surface area contributed by atoms with Crippen molar-refractivity contribution in [1.29, 1.82) is 0 Å². The van der Waals surface area contributed by atoms with Crippen LogP contribution in [0, 0.1) is 0 Å². The number of anilines is 1. The lowest BCUT2D eigenvalue weighted by Crippen LogP contribution is -2.42. The molecule has 2 N–H and O–H groups in total. The number of hydrogen-bond donors (Lipinski definition) is 2. The highest BCUT2D eigenvalue weighted by Gasteiger charge is 2.38. The number of fused-ring (bicyclic) bond motifs is 1. The molecule has 0 saturated carbocycles. The average molecular weight is 331 g/mol. The quantitative estimate of drug-likeness (QED) is 0.671. The monoisotopic (exact) mass is 330 g/mol. The van der Waals surface area contributed by atoms with Crippen LogP contribution in [0.5, 0.6) is 0 Å². The number of ketones is 2. The van der Waals surface area contributed by atoms with Crippen molar-refractivity contribution in [2.75, 3.05) is 5.43 Å². The normalized spacial score (nSPS) is 14.4. The molecule has 4 nitrogen and oxygen atoms in total. The molecular weight excluding hydrogens is 320 g/mol. The van der Waals surface area contributed by atoms with Gasteiger partial charge in [-0.15, -0.1) is 0 Å². The lowest BCUT2D eigenvalue weighted by atomic mass is 10.1. The van der Waals surface area contributed by atoms with Crippen molar-refractivity contribution in [1.82, 2.24) is 5.43 Å². The summed E-state index contributed by atoms with van der Waals surface area (Å²) in [4.78, 5) is 24.3. The minimum absolute atomic E-state index is 0.201. The van der Waals surface area contributed by atoms with E-state index in [1.54, 1.807) is 24.3 Å². The van der Waals surface area contributed by atoms with E-state index >= 15 is 0 Å². The van der Waals surface area contributed by atoms with E-state index in [-0.39, 0.29) is 11.6 Å². The van der Waals surface area contributed by atoms with Gasteiger partial charge >= 0.3 is 0 Å². The van der Waals surface area contributed by atoms with Gasteiger partial charge < -0.3 is 5.43 Å². The summed E-state index contributed by atoms with van der Waals surface area (Å²) >= 11 is 3.36. The molecule has 5 heteroatoms. The molecule has 100 valence electrons. The molecule has 0 aromatic heterocycles. The fraction of sp³-hybridized carbons (Fsp3) is 0.0667. The van der Waals surface area contributed by atoms with Gasteiger partial charge in [0.25, 0.3) is 0 Å². The first-order chi connectivity index (χ1) is 9.66. The molecule has 1 aliphatic carbocycles. The number of hydrazine groups is 1. The number of carbonyl (C=O) groups is 2. The van der Waals surface area contributed by atoms with Gasteiger partial charge in [-0.25, -0.2) is 5.43 Å². The van der Waals surface area contributed by atoms with Crippen molar-refractivity contribution in [3.63, 3.8) is 0 Å². The minimum Gasteiger partial charge on any atom is -0.320 e. The largest absolute Gasteiger partial charge is 0.320 e. The Morgan fingerprint density at radius 1 is 0.900 bits per heavy atom. The number of benzene rings is 2. The Kier molecular flexibility index (Phi) is 3.38. The van der Waals surface area contributed by atoms with Crippen LogP contribution in [0.25, 0.3) is 0 Å². The maximum absolute atomic E-state index is 12.2. The number of halogens is 1. The molecule has 0 saturated heterocycles. The summed E-state index contributed by atoms with van der Waals surface area (Å²) in [6.07, 6.45) is 0. The molecule has 2 aromatic rings. The molecule has 0 atom stereocenters. The highest BCUT2D eigenvalue weighted by atomic mass is 79.9. The van der Waals surface area contributed by atoms with E-state index in [1.807, 2.05) is 24.3 Å². The first-order valence-electron chi connectivity index (χ1n) is 6.11. The third-order valence-corrected chi connectivity index (χ3v) is 3.66. The summed E-state index contributed by atoms with van der Waals surface area (Å²) in [6, 6.07) is 13.5. The third-order valence-electron chi connectivity index (χ3n) is 3.17. The van der Waals surface area contributed by atoms with E-state index < -0.39 is 6.04 Å². The molecule has 0 radical (unpaired) electrons. The zero-order chi connectivity index (χ0) is 14.1. The van der Waals surface area contributed by atoms with Gasteiger partial charge in [-0.1, -0.05) is 46.3 Å². The lowest BCUT2D eigenvalue weighted by Gasteiger charge is -2.12. The topological polar surface area (TPSA) is 58.2 Å². The standard InChI is InChI=1S/C15H11BrN2O2/c16-9-4-3-5-10(8-9)17-18-13-14(19)11-6-1-2-7-12(11)15(13)20/h1-8,13,17-18H. The smallest absolute Gasteiger partial charge is 0.190 e. The van der Waals surface area contributed by atoms with Crippen molar-refractivity contribution < 1.29 is 9.59 Å². The molecule has 0 unspecified atom stereocenters. The van der Waals surface area contributed by atoms with E-state index in [9.17, 15) is 9.59 Å². The zero-order valence-corrected chi connectivity index (χ0v) is 12.0. The third kappa shape index (κ3) is 2.26. The highest BCUT2D eigenvalue weighted by molar-refractivity contribution is 9.10. The molecule has 0 bridgehead atoms. The number of carbonyl (C=O) groups excluding carboxylic acids is 2. The fourth-order valence-electron chi connectivity index (χ4n) is 2.20. The molecule has 0 fully saturated rings. The van der Waals surface area contributed by atoms with Crippen LogP contribution in [0.2, 0.25) is 0 Å². The van der Waals surface area contributed by atoms with Crippen molar-refractivity contribution >= 4 is 33.2 Å². The highest BCUT2D eigenvalue weighted by Crippen LogP contribution is 2.22. The van der Waals surface area contributed by atoms with Crippen molar-refractivity contribution in [3.8, 4) is 0 Å². The van der Waals surface area contributed by atoms with Gasteiger partial charge in [-0.05, 0) is 18.2 Å². The molecule has 1 aliphatic rings. The lowest BCUT2D eigenvalue weighted by molar-refractivity contribution is 0.0874. The SMILES string of the molecule is O=C1c2ccccc2C(=O)C1NNc1cccc(Br)c1. The Hall–Kier alpha value is -1.98. The second-order valence-electron chi connectivity index (χ2n) is 4.49.